The van der Waals surface area contributed by atoms with Crippen LogP contribution in [0.25, 0.3) is 0 Å². The van der Waals surface area contributed by atoms with E-state index in [1.165, 1.54) is 5.56 Å². The van der Waals surface area contributed by atoms with Crippen LogP contribution in [0.1, 0.15) is 12.5 Å². The number of carboxylic acid groups (broad SMARTS) is 1. The number of likely N-dealkylation sites (tertiary alicyclic amines) is 1. The molecule has 3 rings (SSSR count). The van der Waals surface area contributed by atoms with Crippen molar-refractivity contribution in [2.24, 2.45) is 23.7 Å². The number of fused-ring (bicyclic) bond motifs is 1. The Hall–Kier alpha value is -1.35. The first-order chi connectivity index (χ1) is 8.66. The highest BCUT2D eigenvalue weighted by atomic mass is 16.4. The summed E-state index contributed by atoms with van der Waals surface area (Å²) in [5.74, 6) is 0.872. The van der Waals surface area contributed by atoms with Crippen LogP contribution in [0.15, 0.2) is 30.3 Å². The lowest BCUT2D eigenvalue weighted by Crippen LogP contribution is -2.27. The highest BCUT2D eigenvalue weighted by molar-refractivity contribution is 5.70. The van der Waals surface area contributed by atoms with E-state index in [0.29, 0.717) is 17.8 Å². The Morgan fingerprint density at radius 2 is 1.94 bits per heavy atom. The second-order valence-corrected chi connectivity index (χ2v) is 5.71. The van der Waals surface area contributed by atoms with E-state index >= 15 is 0 Å². The van der Waals surface area contributed by atoms with E-state index in [4.69, 9.17) is 5.11 Å². The average Bonchev–Trinajstić information content (AvgIpc) is 2.86. The molecule has 2 unspecified atom stereocenters. The number of nitrogens with zero attached hydrogens (tertiary/aromatic N) is 1. The van der Waals surface area contributed by atoms with Gasteiger partial charge in [0.15, 0.2) is 0 Å². The Balaban J connectivity index is 1.54. The van der Waals surface area contributed by atoms with Gasteiger partial charge in [-0.1, -0.05) is 37.3 Å². The van der Waals surface area contributed by atoms with Gasteiger partial charge in [0.2, 0.25) is 0 Å². The summed E-state index contributed by atoms with van der Waals surface area (Å²) in [6.45, 7) is 5.00. The van der Waals surface area contributed by atoms with Crippen LogP contribution in [0.2, 0.25) is 0 Å². The van der Waals surface area contributed by atoms with Gasteiger partial charge in [0.05, 0.1) is 5.92 Å². The highest BCUT2D eigenvalue weighted by Crippen LogP contribution is 2.55. The second kappa shape index (κ2) is 4.39. The predicted molar refractivity (Wildman–Crippen MR) is 69.0 cm³/mol. The first-order valence-electron chi connectivity index (χ1n) is 6.66. The van der Waals surface area contributed by atoms with Crippen LogP contribution in [-0.4, -0.2) is 29.1 Å². The minimum Gasteiger partial charge on any atom is -0.481 e. The van der Waals surface area contributed by atoms with Gasteiger partial charge in [-0.05, 0) is 23.3 Å². The van der Waals surface area contributed by atoms with Crippen LogP contribution >= 0.6 is 0 Å². The molecule has 2 aliphatic rings. The Kier molecular flexibility index (Phi) is 2.86. The molecule has 0 amide bonds. The zero-order valence-corrected chi connectivity index (χ0v) is 10.6. The van der Waals surface area contributed by atoms with Crippen molar-refractivity contribution in [3.8, 4) is 0 Å². The molecule has 96 valence electrons. The molecular formula is C15H19NO2. The van der Waals surface area contributed by atoms with Gasteiger partial charge in [-0.3, -0.25) is 9.69 Å². The van der Waals surface area contributed by atoms with E-state index in [0.717, 1.165) is 19.6 Å². The van der Waals surface area contributed by atoms with Crippen LogP contribution in [0.4, 0.5) is 0 Å². The van der Waals surface area contributed by atoms with Gasteiger partial charge in [0.1, 0.15) is 0 Å². The third-order valence-corrected chi connectivity index (χ3v) is 4.55. The van der Waals surface area contributed by atoms with E-state index in [-0.39, 0.29) is 5.92 Å². The fourth-order valence-electron chi connectivity index (χ4n) is 3.54. The van der Waals surface area contributed by atoms with Crippen LogP contribution in [-0.2, 0) is 11.3 Å². The Morgan fingerprint density at radius 3 is 2.50 bits per heavy atom. The van der Waals surface area contributed by atoms with Crippen molar-refractivity contribution in [2.45, 2.75) is 13.5 Å². The molecule has 0 spiro atoms. The summed E-state index contributed by atoms with van der Waals surface area (Å²) in [6, 6.07) is 10.5. The molecule has 0 bridgehead atoms. The minimum absolute atomic E-state index is 0.168. The summed E-state index contributed by atoms with van der Waals surface area (Å²) in [6.07, 6.45) is 0. The predicted octanol–water partition coefficient (Wildman–Crippen LogP) is 2.09. The maximum atomic E-state index is 11.0. The molecule has 2 fully saturated rings. The molecular weight excluding hydrogens is 226 g/mol. The van der Waals surface area contributed by atoms with Crippen molar-refractivity contribution < 1.29 is 9.90 Å². The van der Waals surface area contributed by atoms with Gasteiger partial charge in [0, 0.05) is 19.6 Å². The number of hydrogen-bond donors (Lipinski definition) is 1. The third-order valence-electron chi connectivity index (χ3n) is 4.55. The molecule has 3 heteroatoms. The van der Waals surface area contributed by atoms with Gasteiger partial charge in [-0.25, -0.2) is 0 Å². The standard InChI is InChI=1S/C15H19NO2/c1-10(15(17)18)14-12-8-16(9-13(12)14)7-11-5-3-2-4-6-11/h2-6,10,12-14H,7-9H2,1H3,(H,17,18)/t10?,12-,13+,14?. The SMILES string of the molecule is CC(C(=O)O)C1[C@H]2CN(Cc3ccccc3)C[C@@H]12. The van der Waals surface area contributed by atoms with E-state index in [1.54, 1.807) is 0 Å². The summed E-state index contributed by atoms with van der Waals surface area (Å²) in [4.78, 5) is 13.4. The van der Waals surface area contributed by atoms with Crippen molar-refractivity contribution in [3.63, 3.8) is 0 Å². The van der Waals surface area contributed by atoms with E-state index < -0.39 is 5.97 Å². The van der Waals surface area contributed by atoms with Crippen LogP contribution in [0.5, 0.6) is 0 Å². The fourth-order valence-corrected chi connectivity index (χ4v) is 3.54. The lowest BCUT2D eigenvalue weighted by Gasteiger charge is -2.20. The monoisotopic (exact) mass is 245 g/mol. The molecule has 1 aliphatic heterocycles. The molecule has 18 heavy (non-hydrogen) atoms. The molecule has 0 radical (unpaired) electrons. The normalized spacial score (nSPS) is 31.9. The van der Waals surface area contributed by atoms with Gasteiger partial charge >= 0.3 is 5.97 Å². The first-order valence-corrected chi connectivity index (χ1v) is 6.66. The molecule has 1 aliphatic carbocycles. The van der Waals surface area contributed by atoms with Crippen LogP contribution < -0.4 is 0 Å². The Bertz CT molecular complexity index is 433. The van der Waals surface area contributed by atoms with Crippen molar-refractivity contribution >= 4 is 5.97 Å². The van der Waals surface area contributed by atoms with Crippen molar-refractivity contribution in [1.29, 1.82) is 0 Å². The van der Waals surface area contributed by atoms with Crippen molar-refractivity contribution in [1.82, 2.24) is 4.90 Å². The van der Waals surface area contributed by atoms with E-state index in [1.807, 2.05) is 13.0 Å². The molecule has 1 aromatic carbocycles. The maximum Gasteiger partial charge on any atom is 0.306 e. The number of carboxylic acids is 1. The maximum absolute atomic E-state index is 11.0. The molecule has 1 heterocycles. The largest absolute Gasteiger partial charge is 0.481 e. The number of hydrogen-bond acceptors (Lipinski definition) is 2. The fraction of sp³-hybridized carbons (Fsp3) is 0.533. The molecule has 1 N–H and O–H groups in total. The number of carbonyl (C=O) groups is 1. The van der Waals surface area contributed by atoms with E-state index in [9.17, 15) is 4.79 Å². The quantitative estimate of drug-likeness (QED) is 0.883. The smallest absolute Gasteiger partial charge is 0.306 e. The number of aliphatic carboxylic acids is 1. The van der Waals surface area contributed by atoms with Gasteiger partial charge in [-0.2, -0.15) is 0 Å². The number of rotatable bonds is 4. The minimum atomic E-state index is -0.635. The summed E-state index contributed by atoms with van der Waals surface area (Å²) in [5, 5.41) is 9.04. The lowest BCUT2D eigenvalue weighted by molar-refractivity contribution is -0.142. The van der Waals surface area contributed by atoms with Gasteiger partial charge < -0.3 is 5.11 Å². The summed E-state index contributed by atoms with van der Waals surface area (Å²) < 4.78 is 0. The number of benzene rings is 1. The average molecular weight is 245 g/mol. The zero-order valence-electron chi connectivity index (χ0n) is 10.6. The molecule has 3 nitrogen and oxygen atoms in total. The first kappa shape index (κ1) is 11.7. The molecule has 4 atom stereocenters. The Labute approximate surface area is 107 Å². The topological polar surface area (TPSA) is 40.5 Å². The number of piperidine rings is 1. The van der Waals surface area contributed by atoms with Crippen LogP contribution in [0.3, 0.4) is 0 Å². The molecule has 0 aromatic heterocycles. The van der Waals surface area contributed by atoms with Gasteiger partial charge in [-0.15, -0.1) is 0 Å². The third kappa shape index (κ3) is 2.03. The van der Waals surface area contributed by atoms with Crippen molar-refractivity contribution in [2.75, 3.05) is 13.1 Å². The summed E-state index contributed by atoms with van der Waals surface area (Å²) in [5.41, 5.74) is 1.35. The zero-order chi connectivity index (χ0) is 12.7. The molecule has 1 saturated carbocycles. The Morgan fingerprint density at radius 1 is 1.33 bits per heavy atom. The van der Waals surface area contributed by atoms with Crippen LogP contribution in [0, 0.1) is 23.7 Å². The lowest BCUT2D eigenvalue weighted by atomic mass is 10.0. The highest BCUT2D eigenvalue weighted by Gasteiger charge is 2.58. The summed E-state index contributed by atoms with van der Waals surface area (Å²) >= 11 is 0. The molecule has 1 saturated heterocycles. The second-order valence-electron chi connectivity index (χ2n) is 5.71. The van der Waals surface area contributed by atoms with Gasteiger partial charge in [0.25, 0.3) is 0 Å². The summed E-state index contributed by atoms with van der Waals surface area (Å²) in [7, 11) is 0. The molecule has 1 aromatic rings. The van der Waals surface area contributed by atoms with E-state index in [2.05, 4.69) is 29.2 Å². The van der Waals surface area contributed by atoms with Crippen molar-refractivity contribution in [3.05, 3.63) is 35.9 Å².